The second-order valence-electron chi connectivity index (χ2n) is 6.05. The summed E-state index contributed by atoms with van der Waals surface area (Å²) in [5.74, 6) is -0.227. The average Bonchev–Trinajstić information content (AvgIpc) is 2.89. The summed E-state index contributed by atoms with van der Waals surface area (Å²) in [6, 6.07) is 11.8. The second kappa shape index (κ2) is 8.30. The highest BCUT2D eigenvalue weighted by Crippen LogP contribution is 2.24. The molecule has 0 atom stereocenters. The van der Waals surface area contributed by atoms with Crippen LogP contribution >= 0.6 is 34.8 Å². The summed E-state index contributed by atoms with van der Waals surface area (Å²) in [5, 5.41) is 1.20. The van der Waals surface area contributed by atoms with Crippen LogP contribution in [0.25, 0.3) is 0 Å². The summed E-state index contributed by atoms with van der Waals surface area (Å²) in [5.41, 5.74) is 0.976. The van der Waals surface area contributed by atoms with Gasteiger partial charge in [0.2, 0.25) is 0 Å². The number of rotatable bonds is 2. The van der Waals surface area contributed by atoms with Gasteiger partial charge < -0.3 is 9.80 Å². The van der Waals surface area contributed by atoms with E-state index in [1.54, 1.807) is 52.3 Å². The lowest BCUT2D eigenvalue weighted by atomic mass is 10.2. The fourth-order valence-corrected chi connectivity index (χ4v) is 3.46. The van der Waals surface area contributed by atoms with Crippen molar-refractivity contribution in [1.82, 2.24) is 9.80 Å². The van der Waals surface area contributed by atoms with Gasteiger partial charge in [0, 0.05) is 31.7 Å². The smallest absolute Gasteiger partial charge is 0.255 e. The number of halogens is 3. The molecule has 1 aliphatic rings. The van der Waals surface area contributed by atoms with Crippen molar-refractivity contribution in [1.29, 1.82) is 0 Å². The lowest BCUT2D eigenvalue weighted by Crippen LogP contribution is -2.37. The van der Waals surface area contributed by atoms with Crippen molar-refractivity contribution in [3.63, 3.8) is 0 Å². The van der Waals surface area contributed by atoms with E-state index in [1.165, 1.54) is 0 Å². The minimum atomic E-state index is -0.115. The molecule has 1 fully saturated rings. The summed E-state index contributed by atoms with van der Waals surface area (Å²) in [7, 11) is 0. The molecule has 0 N–H and O–H groups in total. The van der Waals surface area contributed by atoms with Crippen molar-refractivity contribution in [2.24, 2.45) is 0 Å². The van der Waals surface area contributed by atoms with Crippen LogP contribution in [0.3, 0.4) is 0 Å². The summed E-state index contributed by atoms with van der Waals surface area (Å²) in [6.45, 7) is 2.06. The number of amides is 2. The summed E-state index contributed by atoms with van der Waals surface area (Å²) in [4.78, 5) is 28.9. The van der Waals surface area contributed by atoms with E-state index in [0.29, 0.717) is 58.8 Å². The fraction of sp³-hybridized carbons (Fsp3) is 0.263. The highest BCUT2D eigenvalue weighted by atomic mass is 35.5. The largest absolute Gasteiger partial charge is 0.337 e. The van der Waals surface area contributed by atoms with Crippen molar-refractivity contribution < 1.29 is 9.59 Å². The van der Waals surface area contributed by atoms with Gasteiger partial charge in [-0.2, -0.15) is 0 Å². The van der Waals surface area contributed by atoms with Gasteiger partial charge in [0.1, 0.15) is 0 Å². The van der Waals surface area contributed by atoms with E-state index in [4.69, 9.17) is 34.8 Å². The van der Waals surface area contributed by atoms with Crippen molar-refractivity contribution in [2.45, 2.75) is 6.42 Å². The van der Waals surface area contributed by atoms with Crippen LogP contribution in [0, 0.1) is 0 Å². The molecular formula is C19H17Cl3N2O2. The molecule has 1 heterocycles. The first-order valence-electron chi connectivity index (χ1n) is 8.25. The molecule has 0 spiro atoms. The highest BCUT2D eigenvalue weighted by molar-refractivity contribution is 6.42. The first-order chi connectivity index (χ1) is 12.5. The third-order valence-electron chi connectivity index (χ3n) is 4.34. The van der Waals surface area contributed by atoms with Gasteiger partial charge in [-0.3, -0.25) is 9.59 Å². The van der Waals surface area contributed by atoms with E-state index in [2.05, 4.69) is 0 Å². The fourth-order valence-electron chi connectivity index (χ4n) is 2.94. The molecule has 1 aliphatic heterocycles. The van der Waals surface area contributed by atoms with Crippen LogP contribution in [0.2, 0.25) is 15.1 Å². The lowest BCUT2D eigenvalue weighted by Gasteiger charge is -2.22. The summed E-state index contributed by atoms with van der Waals surface area (Å²) >= 11 is 18.0. The molecule has 2 aromatic rings. The van der Waals surface area contributed by atoms with E-state index >= 15 is 0 Å². The molecule has 0 aliphatic carbocycles. The predicted octanol–water partition coefficient (Wildman–Crippen LogP) is 4.64. The number of hydrogen-bond donors (Lipinski definition) is 0. The number of carbonyl (C=O) groups excluding carboxylic acids is 2. The maximum atomic E-state index is 12.7. The average molecular weight is 412 g/mol. The maximum absolute atomic E-state index is 12.7. The minimum absolute atomic E-state index is 0.112. The molecule has 136 valence electrons. The van der Waals surface area contributed by atoms with Gasteiger partial charge in [0.25, 0.3) is 11.8 Å². The number of nitrogens with zero attached hydrogens (tertiary/aromatic N) is 2. The number of benzene rings is 2. The van der Waals surface area contributed by atoms with Crippen LogP contribution in [0.5, 0.6) is 0 Å². The Morgan fingerprint density at radius 1 is 0.731 bits per heavy atom. The zero-order chi connectivity index (χ0) is 18.7. The lowest BCUT2D eigenvalue weighted by molar-refractivity contribution is 0.0719. The Labute approximate surface area is 167 Å². The Morgan fingerprint density at radius 3 is 2.04 bits per heavy atom. The molecule has 0 aromatic heterocycles. The molecule has 3 rings (SSSR count). The van der Waals surface area contributed by atoms with Gasteiger partial charge >= 0.3 is 0 Å². The molecule has 0 unspecified atom stereocenters. The third-order valence-corrected chi connectivity index (χ3v) is 5.41. The first kappa shape index (κ1) is 19.0. The van der Waals surface area contributed by atoms with Gasteiger partial charge in [-0.1, -0.05) is 46.9 Å². The van der Waals surface area contributed by atoms with Gasteiger partial charge in [-0.15, -0.1) is 0 Å². The molecule has 0 bridgehead atoms. The van der Waals surface area contributed by atoms with E-state index in [0.717, 1.165) is 0 Å². The molecule has 1 saturated heterocycles. The summed E-state index contributed by atoms with van der Waals surface area (Å²) in [6.07, 6.45) is 0.698. The summed E-state index contributed by atoms with van der Waals surface area (Å²) < 4.78 is 0. The van der Waals surface area contributed by atoms with E-state index < -0.39 is 0 Å². The van der Waals surface area contributed by atoms with Crippen LogP contribution in [0.4, 0.5) is 0 Å². The monoisotopic (exact) mass is 410 g/mol. The highest BCUT2D eigenvalue weighted by Gasteiger charge is 2.24. The Balaban J connectivity index is 1.70. The van der Waals surface area contributed by atoms with Crippen LogP contribution in [-0.2, 0) is 0 Å². The zero-order valence-electron chi connectivity index (χ0n) is 13.9. The third kappa shape index (κ3) is 4.14. The topological polar surface area (TPSA) is 40.6 Å². The van der Waals surface area contributed by atoms with Crippen LogP contribution in [-0.4, -0.2) is 47.8 Å². The van der Waals surface area contributed by atoms with E-state index in [-0.39, 0.29) is 11.8 Å². The quantitative estimate of drug-likeness (QED) is 0.722. The van der Waals surface area contributed by atoms with Crippen LogP contribution in [0.1, 0.15) is 27.1 Å². The zero-order valence-corrected chi connectivity index (χ0v) is 16.2. The van der Waals surface area contributed by atoms with Gasteiger partial charge in [-0.25, -0.2) is 0 Å². The normalized spacial score (nSPS) is 14.9. The number of hydrogen-bond acceptors (Lipinski definition) is 2. The molecule has 4 nitrogen and oxygen atoms in total. The molecule has 2 amide bonds. The molecule has 7 heteroatoms. The standard InChI is InChI=1S/C19H17Cl3N2O2/c20-15-5-2-1-4-14(15)19(26)24-9-3-8-23(10-11-24)18(25)13-6-7-16(21)17(22)12-13/h1-2,4-7,12H,3,8-11H2. The Hall–Kier alpha value is -1.75. The molecular weight excluding hydrogens is 395 g/mol. The van der Waals surface area contributed by atoms with Crippen LogP contribution < -0.4 is 0 Å². The minimum Gasteiger partial charge on any atom is -0.337 e. The van der Waals surface area contributed by atoms with Gasteiger partial charge in [0.15, 0.2) is 0 Å². The molecule has 2 aromatic carbocycles. The molecule has 0 radical (unpaired) electrons. The predicted molar refractivity (Wildman–Crippen MR) is 104 cm³/mol. The Morgan fingerprint density at radius 2 is 1.38 bits per heavy atom. The van der Waals surface area contributed by atoms with Gasteiger partial charge in [0.05, 0.1) is 20.6 Å². The second-order valence-corrected chi connectivity index (χ2v) is 7.27. The van der Waals surface area contributed by atoms with Crippen molar-refractivity contribution in [3.05, 3.63) is 68.7 Å². The van der Waals surface area contributed by atoms with E-state index in [9.17, 15) is 9.59 Å². The molecule has 0 saturated carbocycles. The maximum Gasteiger partial charge on any atom is 0.255 e. The van der Waals surface area contributed by atoms with Crippen molar-refractivity contribution in [2.75, 3.05) is 26.2 Å². The SMILES string of the molecule is O=C(c1ccc(Cl)c(Cl)c1)N1CCCN(C(=O)c2ccccc2Cl)CC1. The Kier molecular flexibility index (Phi) is 6.07. The van der Waals surface area contributed by atoms with Crippen molar-refractivity contribution in [3.8, 4) is 0 Å². The van der Waals surface area contributed by atoms with Crippen LogP contribution in [0.15, 0.2) is 42.5 Å². The van der Waals surface area contributed by atoms with Gasteiger partial charge in [-0.05, 0) is 36.8 Å². The first-order valence-corrected chi connectivity index (χ1v) is 9.39. The van der Waals surface area contributed by atoms with Crippen molar-refractivity contribution >= 4 is 46.6 Å². The Bertz CT molecular complexity index is 841. The molecule has 26 heavy (non-hydrogen) atoms. The van der Waals surface area contributed by atoms with E-state index in [1.807, 2.05) is 0 Å². The number of carbonyl (C=O) groups is 2.